The van der Waals surface area contributed by atoms with Gasteiger partial charge in [-0.3, -0.25) is 4.79 Å². The van der Waals surface area contributed by atoms with E-state index in [1.54, 1.807) is 4.98 Å². The van der Waals surface area contributed by atoms with Gasteiger partial charge in [0.15, 0.2) is 0 Å². The highest BCUT2D eigenvalue weighted by atomic mass is 35.5. The maximum atomic E-state index is 12.2. The molecule has 4 nitrogen and oxygen atoms in total. The van der Waals surface area contributed by atoms with Gasteiger partial charge in [0.1, 0.15) is 5.02 Å². The van der Waals surface area contributed by atoms with E-state index in [0.29, 0.717) is 6.07 Å². The third kappa shape index (κ3) is 1.90. The van der Waals surface area contributed by atoms with Gasteiger partial charge in [0.25, 0.3) is 12.0 Å². The maximum Gasteiger partial charge on any atom is 0.337 e. The predicted molar refractivity (Wildman–Crippen MR) is 44.0 cm³/mol. The fraction of sp³-hybridized carbons (Fsp3) is 0.143. The minimum Gasteiger partial charge on any atom is -0.478 e. The molecule has 0 spiro atoms. The highest BCUT2D eigenvalue weighted by Gasteiger charge is 2.20. The first-order valence-corrected chi connectivity index (χ1v) is 3.75. The van der Waals surface area contributed by atoms with Crippen molar-refractivity contribution in [1.29, 1.82) is 0 Å². The van der Waals surface area contributed by atoms with E-state index < -0.39 is 34.2 Å². The largest absolute Gasteiger partial charge is 0.478 e. The van der Waals surface area contributed by atoms with E-state index in [2.05, 4.69) is 0 Å². The van der Waals surface area contributed by atoms with E-state index in [4.69, 9.17) is 16.7 Å². The monoisotopic (exact) mass is 223 g/mol. The Kier molecular flexibility index (Phi) is 2.85. The lowest BCUT2D eigenvalue weighted by atomic mass is 10.2. The van der Waals surface area contributed by atoms with Crippen LogP contribution in [0.15, 0.2) is 10.9 Å². The summed E-state index contributed by atoms with van der Waals surface area (Å²) < 4.78 is 24.4. The number of alkyl halides is 2. The van der Waals surface area contributed by atoms with Crippen LogP contribution in [0.1, 0.15) is 22.5 Å². The Bertz CT molecular complexity index is 429. The summed E-state index contributed by atoms with van der Waals surface area (Å²) in [5.74, 6) is -1.57. The number of aromatic amines is 1. The summed E-state index contributed by atoms with van der Waals surface area (Å²) in [6.45, 7) is 0. The third-order valence-corrected chi connectivity index (χ3v) is 1.76. The average Bonchev–Trinajstić information content (AvgIpc) is 2.08. The van der Waals surface area contributed by atoms with Crippen LogP contribution in [0.3, 0.4) is 0 Å². The van der Waals surface area contributed by atoms with Gasteiger partial charge in [-0.15, -0.1) is 0 Å². The topological polar surface area (TPSA) is 70.2 Å². The van der Waals surface area contributed by atoms with Crippen LogP contribution in [-0.2, 0) is 0 Å². The summed E-state index contributed by atoms with van der Waals surface area (Å²) in [5.41, 5.74) is -2.58. The molecule has 0 atom stereocenters. The summed E-state index contributed by atoms with van der Waals surface area (Å²) in [4.78, 5) is 23.0. The Labute approximate surface area is 81.1 Å². The molecule has 1 heterocycles. The molecular formula is C7H4ClF2NO3. The van der Waals surface area contributed by atoms with Gasteiger partial charge in [0, 0.05) is 0 Å². The number of aromatic nitrogens is 1. The number of hydrogen-bond donors (Lipinski definition) is 2. The second kappa shape index (κ2) is 3.75. The van der Waals surface area contributed by atoms with E-state index >= 15 is 0 Å². The zero-order valence-corrected chi connectivity index (χ0v) is 7.31. The van der Waals surface area contributed by atoms with Crippen LogP contribution in [0.5, 0.6) is 0 Å². The molecule has 0 saturated carbocycles. The van der Waals surface area contributed by atoms with Crippen LogP contribution >= 0.6 is 11.6 Å². The summed E-state index contributed by atoms with van der Waals surface area (Å²) in [5, 5.41) is 8.08. The average molecular weight is 224 g/mol. The zero-order chi connectivity index (χ0) is 10.9. The van der Waals surface area contributed by atoms with Gasteiger partial charge in [-0.2, -0.15) is 0 Å². The summed E-state index contributed by atoms with van der Waals surface area (Å²) in [6, 6.07) is 0.699. The maximum absolute atomic E-state index is 12.2. The third-order valence-electron chi connectivity index (χ3n) is 1.47. The first kappa shape index (κ1) is 10.6. The van der Waals surface area contributed by atoms with E-state index in [9.17, 15) is 18.4 Å². The van der Waals surface area contributed by atoms with E-state index in [1.807, 2.05) is 0 Å². The van der Waals surface area contributed by atoms with Crippen molar-refractivity contribution in [2.24, 2.45) is 0 Å². The number of nitrogens with one attached hydrogen (secondary N) is 1. The molecule has 1 aromatic rings. The van der Waals surface area contributed by atoms with Crippen LogP contribution in [0.2, 0.25) is 5.02 Å². The van der Waals surface area contributed by atoms with Crippen molar-refractivity contribution in [1.82, 2.24) is 4.98 Å². The Hall–Kier alpha value is -1.43. The first-order chi connectivity index (χ1) is 6.43. The number of H-pyrrole nitrogens is 1. The van der Waals surface area contributed by atoms with Crippen molar-refractivity contribution in [2.75, 3.05) is 0 Å². The van der Waals surface area contributed by atoms with Gasteiger partial charge < -0.3 is 10.1 Å². The van der Waals surface area contributed by atoms with Gasteiger partial charge in [-0.1, -0.05) is 11.6 Å². The number of carboxylic acids is 1. The summed E-state index contributed by atoms with van der Waals surface area (Å²) in [7, 11) is 0. The molecule has 0 unspecified atom stereocenters. The quantitative estimate of drug-likeness (QED) is 0.801. The molecular weight excluding hydrogens is 220 g/mol. The highest BCUT2D eigenvalue weighted by molar-refractivity contribution is 6.30. The van der Waals surface area contributed by atoms with Crippen LogP contribution in [0.4, 0.5) is 8.78 Å². The fourth-order valence-electron chi connectivity index (χ4n) is 0.868. The molecule has 0 saturated heterocycles. The lowest BCUT2D eigenvalue weighted by Crippen LogP contribution is -2.15. The fourth-order valence-corrected chi connectivity index (χ4v) is 1.02. The minimum atomic E-state index is -3.06. The van der Waals surface area contributed by atoms with Crippen molar-refractivity contribution in [2.45, 2.75) is 6.43 Å². The molecule has 0 bridgehead atoms. The molecule has 0 fully saturated rings. The van der Waals surface area contributed by atoms with Gasteiger partial charge in [-0.25, -0.2) is 13.6 Å². The standard InChI is InChI=1S/C7H4ClF2NO3/c8-3-1-2(7(13)14)4(5(9)10)11-6(3)12/h1,5H,(H,11,12)(H,13,14). The molecule has 1 aromatic heterocycles. The summed E-state index contributed by atoms with van der Waals surface area (Å²) in [6.07, 6.45) is -3.06. The first-order valence-electron chi connectivity index (χ1n) is 3.37. The summed E-state index contributed by atoms with van der Waals surface area (Å²) >= 11 is 5.28. The smallest absolute Gasteiger partial charge is 0.337 e. The van der Waals surface area contributed by atoms with E-state index in [0.717, 1.165) is 0 Å². The number of halogens is 3. The Morgan fingerprint density at radius 3 is 2.57 bits per heavy atom. The van der Waals surface area contributed by atoms with E-state index in [1.165, 1.54) is 0 Å². The number of pyridine rings is 1. The molecule has 0 aromatic carbocycles. The van der Waals surface area contributed by atoms with Gasteiger partial charge in [-0.05, 0) is 6.07 Å². The zero-order valence-electron chi connectivity index (χ0n) is 6.55. The molecule has 14 heavy (non-hydrogen) atoms. The Morgan fingerprint density at radius 1 is 1.57 bits per heavy atom. The van der Waals surface area contributed by atoms with E-state index in [-0.39, 0.29) is 0 Å². The van der Waals surface area contributed by atoms with Crippen LogP contribution in [0.25, 0.3) is 0 Å². The van der Waals surface area contributed by atoms with Crippen molar-refractivity contribution in [3.8, 4) is 0 Å². The van der Waals surface area contributed by atoms with Crippen molar-refractivity contribution in [3.05, 3.63) is 32.7 Å². The SMILES string of the molecule is O=C(O)c1cc(Cl)c(=O)[nH]c1C(F)F. The molecule has 0 radical (unpaired) electrons. The number of carbonyl (C=O) groups is 1. The van der Waals surface area contributed by atoms with Gasteiger partial charge in [0.2, 0.25) is 0 Å². The molecule has 7 heteroatoms. The molecule has 0 aliphatic heterocycles. The lowest BCUT2D eigenvalue weighted by Gasteiger charge is -2.04. The minimum absolute atomic E-state index is 0.438. The van der Waals surface area contributed by atoms with Crippen molar-refractivity contribution >= 4 is 17.6 Å². The number of hydrogen-bond acceptors (Lipinski definition) is 2. The lowest BCUT2D eigenvalue weighted by molar-refractivity contribution is 0.0682. The molecule has 0 aliphatic carbocycles. The highest BCUT2D eigenvalue weighted by Crippen LogP contribution is 2.20. The molecule has 0 amide bonds. The van der Waals surface area contributed by atoms with Gasteiger partial charge in [0.05, 0.1) is 11.3 Å². The van der Waals surface area contributed by atoms with Crippen LogP contribution < -0.4 is 5.56 Å². The number of aromatic carboxylic acids is 1. The van der Waals surface area contributed by atoms with Crippen LogP contribution in [-0.4, -0.2) is 16.1 Å². The molecule has 1 rings (SSSR count). The Balaban J connectivity index is 3.47. The van der Waals surface area contributed by atoms with Crippen molar-refractivity contribution in [3.63, 3.8) is 0 Å². The molecule has 2 N–H and O–H groups in total. The molecule has 0 aliphatic rings. The predicted octanol–water partition coefficient (Wildman–Crippen LogP) is 1.66. The Morgan fingerprint density at radius 2 is 2.14 bits per heavy atom. The molecule has 76 valence electrons. The van der Waals surface area contributed by atoms with Crippen molar-refractivity contribution < 1.29 is 18.7 Å². The van der Waals surface area contributed by atoms with Gasteiger partial charge >= 0.3 is 5.97 Å². The second-order valence-corrected chi connectivity index (χ2v) is 2.79. The number of rotatable bonds is 2. The normalized spacial score (nSPS) is 10.6. The second-order valence-electron chi connectivity index (χ2n) is 2.38. The number of carboxylic acid groups (broad SMARTS) is 1. The van der Waals surface area contributed by atoms with Crippen LogP contribution in [0, 0.1) is 0 Å².